The SMILES string of the molecule is CC(C)(CNC(=O)C[C@H](N)Cc1cc(F)ccc1F)CNC(=O)[C@@H](O)[C@H](N)CO. The van der Waals surface area contributed by atoms with Crippen LogP contribution in [0.25, 0.3) is 0 Å². The lowest BCUT2D eigenvalue weighted by molar-refractivity contribution is -0.131. The van der Waals surface area contributed by atoms with Crippen molar-refractivity contribution >= 4 is 11.8 Å². The van der Waals surface area contributed by atoms with Crippen LogP contribution in [-0.4, -0.2) is 59.9 Å². The number of aliphatic hydroxyl groups excluding tert-OH is 2. The van der Waals surface area contributed by atoms with Gasteiger partial charge in [0.25, 0.3) is 5.91 Å². The number of hydrogen-bond acceptors (Lipinski definition) is 6. The number of halogens is 2. The van der Waals surface area contributed by atoms with Gasteiger partial charge in [-0.1, -0.05) is 13.8 Å². The zero-order chi connectivity index (χ0) is 22.2. The van der Waals surface area contributed by atoms with E-state index in [-0.39, 0.29) is 37.4 Å². The average Bonchev–Trinajstić information content (AvgIpc) is 2.66. The van der Waals surface area contributed by atoms with E-state index >= 15 is 0 Å². The van der Waals surface area contributed by atoms with Crippen LogP contribution in [0.4, 0.5) is 8.78 Å². The molecule has 164 valence electrons. The number of hydrogen-bond donors (Lipinski definition) is 6. The van der Waals surface area contributed by atoms with Crippen molar-refractivity contribution < 1.29 is 28.6 Å². The van der Waals surface area contributed by atoms with E-state index in [2.05, 4.69) is 10.6 Å². The lowest BCUT2D eigenvalue weighted by atomic mass is 9.93. The van der Waals surface area contributed by atoms with E-state index in [9.17, 15) is 23.5 Å². The van der Waals surface area contributed by atoms with Crippen molar-refractivity contribution in [2.75, 3.05) is 19.7 Å². The minimum Gasteiger partial charge on any atom is -0.395 e. The van der Waals surface area contributed by atoms with Gasteiger partial charge in [-0.25, -0.2) is 8.78 Å². The fourth-order valence-electron chi connectivity index (χ4n) is 2.49. The number of rotatable bonds is 11. The van der Waals surface area contributed by atoms with Crippen LogP contribution in [0.1, 0.15) is 25.8 Å². The van der Waals surface area contributed by atoms with Crippen molar-refractivity contribution in [2.45, 2.75) is 44.9 Å². The molecule has 1 aromatic rings. The topological polar surface area (TPSA) is 151 Å². The summed E-state index contributed by atoms with van der Waals surface area (Å²) in [7, 11) is 0. The van der Waals surface area contributed by atoms with Gasteiger partial charge in [-0.05, 0) is 35.6 Å². The summed E-state index contributed by atoms with van der Waals surface area (Å²) >= 11 is 0. The first-order chi connectivity index (χ1) is 13.4. The van der Waals surface area contributed by atoms with Crippen LogP contribution in [0.5, 0.6) is 0 Å². The Bertz CT molecular complexity index is 703. The normalized spacial score (nSPS) is 14.8. The van der Waals surface area contributed by atoms with Crippen molar-refractivity contribution in [3.8, 4) is 0 Å². The van der Waals surface area contributed by atoms with Gasteiger partial charge in [-0.3, -0.25) is 9.59 Å². The number of nitrogens with one attached hydrogen (secondary N) is 2. The highest BCUT2D eigenvalue weighted by Crippen LogP contribution is 2.14. The molecular formula is C19H30F2N4O4. The van der Waals surface area contributed by atoms with E-state index in [4.69, 9.17) is 16.6 Å². The van der Waals surface area contributed by atoms with Crippen LogP contribution in [0.3, 0.4) is 0 Å². The van der Waals surface area contributed by atoms with Gasteiger partial charge in [0.05, 0.1) is 12.6 Å². The summed E-state index contributed by atoms with van der Waals surface area (Å²) in [6.07, 6.45) is -1.60. The maximum absolute atomic E-state index is 13.7. The lowest BCUT2D eigenvalue weighted by Gasteiger charge is -2.27. The molecule has 0 bridgehead atoms. The molecule has 0 saturated carbocycles. The number of carbonyl (C=O) groups excluding carboxylic acids is 2. The van der Waals surface area contributed by atoms with E-state index in [1.165, 1.54) is 0 Å². The first kappa shape index (κ1) is 24.9. The zero-order valence-corrected chi connectivity index (χ0v) is 16.6. The fraction of sp³-hybridized carbons (Fsp3) is 0.579. The monoisotopic (exact) mass is 416 g/mol. The van der Waals surface area contributed by atoms with E-state index < -0.39 is 47.8 Å². The van der Waals surface area contributed by atoms with Crippen LogP contribution in [0.15, 0.2) is 18.2 Å². The van der Waals surface area contributed by atoms with Crippen molar-refractivity contribution in [3.63, 3.8) is 0 Å². The Morgan fingerprint density at radius 2 is 1.79 bits per heavy atom. The molecule has 3 atom stereocenters. The van der Waals surface area contributed by atoms with Gasteiger partial charge in [0, 0.05) is 25.6 Å². The lowest BCUT2D eigenvalue weighted by Crippen LogP contribution is -2.51. The highest BCUT2D eigenvalue weighted by Gasteiger charge is 2.26. The Labute approximate surface area is 168 Å². The second-order valence-corrected chi connectivity index (χ2v) is 7.85. The Kier molecular flexibility index (Phi) is 9.57. The predicted octanol–water partition coefficient (Wildman–Crippen LogP) is -0.836. The van der Waals surface area contributed by atoms with Crippen LogP contribution in [-0.2, 0) is 16.0 Å². The quantitative estimate of drug-likeness (QED) is 0.277. The summed E-state index contributed by atoms with van der Waals surface area (Å²) in [6.45, 7) is 3.38. The number of amides is 2. The predicted molar refractivity (Wildman–Crippen MR) is 104 cm³/mol. The van der Waals surface area contributed by atoms with Crippen molar-refractivity contribution in [1.29, 1.82) is 0 Å². The van der Waals surface area contributed by atoms with Gasteiger partial charge in [-0.2, -0.15) is 0 Å². The molecule has 0 unspecified atom stereocenters. The highest BCUT2D eigenvalue weighted by molar-refractivity contribution is 5.81. The average molecular weight is 416 g/mol. The summed E-state index contributed by atoms with van der Waals surface area (Å²) < 4.78 is 26.9. The van der Waals surface area contributed by atoms with Crippen LogP contribution in [0.2, 0.25) is 0 Å². The molecule has 1 aromatic carbocycles. The van der Waals surface area contributed by atoms with Crippen LogP contribution < -0.4 is 22.1 Å². The molecule has 29 heavy (non-hydrogen) atoms. The Balaban J connectivity index is 2.43. The van der Waals surface area contributed by atoms with Gasteiger partial charge >= 0.3 is 0 Å². The van der Waals surface area contributed by atoms with Gasteiger partial charge in [0.1, 0.15) is 17.7 Å². The summed E-state index contributed by atoms with van der Waals surface area (Å²) in [5.74, 6) is -2.24. The third kappa shape index (κ3) is 8.82. The number of benzene rings is 1. The van der Waals surface area contributed by atoms with E-state index in [0.29, 0.717) is 0 Å². The first-order valence-electron chi connectivity index (χ1n) is 9.23. The molecule has 0 radical (unpaired) electrons. The molecule has 0 aliphatic heterocycles. The largest absolute Gasteiger partial charge is 0.395 e. The van der Waals surface area contributed by atoms with Crippen molar-refractivity contribution in [3.05, 3.63) is 35.4 Å². The fourth-order valence-corrected chi connectivity index (χ4v) is 2.49. The molecule has 0 aromatic heterocycles. The molecule has 8 nitrogen and oxygen atoms in total. The zero-order valence-electron chi connectivity index (χ0n) is 16.6. The summed E-state index contributed by atoms with van der Waals surface area (Å²) in [5, 5.41) is 23.7. The third-order valence-electron chi connectivity index (χ3n) is 4.33. The van der Waals surface area contributed by atoms with Crippen molar-refractivity contribution in [2.24, 2.45) is 16.9 Å². The van der Waals surface area contributed by atoms with Gasteiger partial charge < -0.3 is 32.3 Å². The summed E-state index contributed by atoms with van der Waals surface area (Å²) in [4.78, 5) is 23.9. The van der Waals surface area contributed by atoms with E-state index in [1.807, 2.05) is 0 Å². The number of aliphatic hydroxyl groups is 2. The maximum Gasteiger partial charge on any atom is 0.250 e. The van der Waals surface area contributed by atoms with E-state index in [0.717, 1.165) is 18.2 Å². The number of nitrogens with two attached hydrogens (primary N) is 2. The van der Waals surface area contributed by atoms with Crippen LogP contribution >= 0.6 is 0 Å². The molecule has 1 rings (SSSR count). The molecule has 0 aliphatic carbocycles. The molecule has 0 heterocycles. The highest BCUT2D eigenvalue weighted by atomic mass is 19.1. The molecule has 8 N–H and O–H groups in total. The second kappa shape index (κ2) is 11.1. The molecule has 10 heteroatoms. The van der Waals surface area contributed by atoms with Crippen molar-refractivity contribution in [1.82, 2.24) is 10.6 Å². The number of carbonyl (C=O) groups is 2. The Morgan fingerprint density at radius 3 is 2.41 bits per heavy atom. The minimum atomic E-state index is -1.54. The maximum atomic E-state index is 13.7. The molecule has 0 spiro atoms. The minimum absolute atomic E-state index is 0.0134. The van der Waals surface area contributed by atoms with Gasteiger partial charge in [0.15, 0.2) is 0 Å². The molecule has 2 amide bonds. The molecular weight excluding hydrogens is 386 g/mol. The molecule has 0 aliphatic rings. The van der Waals surface area contributed by atoms with Gasteiger partial charge in [-0.15, -0.1) is 0 Å². The smallest absolute Gasteiger partial charge is 0.250 e. The third-order valence-corrected chi connectivity index (χ3v) is 4.33. The first-order valence-corrected chi connectivity index (χ1v) is 9.23. The standard InChI is InChI=1S/C19H30F2N4O4/c1-19(2,10-25-18(29)17(28)15(23)8-26)9-24-16(27)7-13(22)6-11-5-12(20)3-4-14(11)21/h3-5,13,15,17,26,28H,6-10,22-23H2,1-2H3,(H,24,27)(H,25,29)/t13-,15-,17+/m1/s1. The Morgan fingerprint density at radius 1 is 1.17 bits per heavy atom. The molecule has 0 fully saturated rings. The summed E-state index contributed by atoms with van der Waals surface area (Å²) in [5.41, 5.74) is 10.8. The van der Waals surface area contributed by atoms with Crippen LogP contribution in [0, 0.1) is 17.0 Å². The second-order valence-electron chi connectivity index (χ2n) is 7.85. The molecule has 0 saturated heterocycles. The summed E-state index contributed by atoms with van der Waals surface area (Å²) in [6, 6.07) is 1.30. The Hall–Kier alpha value is -2.14. The van der Waals surface area contributed by atoms with Gasteiger partial charge in [0.2, 0.25) is 5.91 Å². The van der Waals surface area contributed by atoms with E-state index in [1.54, 1.807) is 13.8 Å².